The van der Waals surface area contributed by atoms with Gasteiger partial charge in [-0.2, -0.15) is 0 Å². The van der Waals surface area contributed by atoms with E-state index in [1.807, 2.05) is 0 Å². The molecule has 5 heteroatoms. The molecule has 3 rings (SSSR count). The van der Waals surface area contributed by atoms with Gasteiger partial charge in [-0.15, -0.1) is 0 Å². The van der Waals surface area contributed by atoms with Gasteiger partial charge in [0.1, 0.15) is 5.56 Å². The number of ketones is 1. The third-order valence-electron chi connectivity index (χ3n) is 4.88. The molecule has 0 amide bonds. The number of Topliss-reactive ketones (excluding diaryl/α,β-unsaturated/α-hetero) is 1. The van der Waals surface area contributed by atoms with Crippen molar-refractivity contribution in [3.63, 3.8) is 0 Å². The van der Waals surface area contributed by atoms with E-state index < -0.39 is 11.5 Å². The summed E-state index contributed by atoms with van der Waals surface area (Å²) in [5, 5.41) is 0. The number of hydrogen-bond donors (Lipinski definition) is 1. The number of carbonyl (C=O) groups excluding carboxylic acids is 2. The van der Waals surface area contributed by atoms with Crippen molar-refractivity contribution in [3.8, 4) is 0 Å². The van der Waals surface area contributed by atoms with Crippen LogP contribution in [0.4, 0.5) is 0 Å². The van der Waals surface area contributed by atoms with Gasteiger partial charge >= 0.3 is 5.97 Å². The van der Waals surface area contributed by atoms with Crippen molar-refractivity contribution in [1.29, 1.82) is 0 Å². The van der Waals surface area contributed by atoms with E-state index in [4.69, 9.17) is 4.74 Å². The highest BCUT2D eigenvalue weighted by Crippen LogP contribution is 2.32. The molecule has 1 N–H and O–H groups in total. The second-order valence-corrected chi connectivity index (χ2v) is 6.97. The van der Waals surface area contributed by atoms with Crippen molar-refractivity contribution in [2.24, 2.45) is 0 Å². The topological polar surface area (TPSA) is 76.2 Å². The summed E-state index contributed by atoms with van der Waals surface area (Å²) >= 11 is 0. The predicted molar refractivity (Wildman–Crippen MR) is 98.9 cm³/mol. The zero-order valence-corrected chi connectivity index (χ0v) is 15.3. The second-order valence-electron chi connectivity index (χ2n) is 6.97. The van der Waals surface area contributed by atoms with Crippen LogP contribution >= 0.6 is 0 Å². The van der Waals surface area contributed by atoms with Gasteiger partial charge in [0.25, 0.3) is 5.56 Å². The first-order chi connectivity index (χ1) is 12.4. The number of ether oxygens (including phenoxy) is 1. The van der Waals surface area contributed by atoms with Crippen LogP contribution in [0.1, 0.15) is 76.6 Å². The summed E-state index contributed by atoms with van der Waals surface area (Å²) in [5.41, 5.74) is 2.73. The highest BCUT2D eigenvalue weighted by molar-refractivity contribution is 6.01. The molecule has 136 valence electrons. The summed E-state index contributed by atoms with van der Waals surface area (Å²) in [7, 11) is 0. The van der Waals surface area contributed by atoms with Gasteiger partial charge in [-0.1, -0.05) is 38.1 Å². The van der Waals surface area contributed by atoms with Gasteiger partial charge in [-0.05, 0) is 42.4 Å². The molecule has 0 saturated heterocycles. The smallest absolute Gasteiger partial charge is 0.343 e. The number of hydrogen-bond acceptors (Lipinski definition) is 4. The highest BCUT2D eigenvalue weighted by atomic mass is 16.5. The third-order valence-corrected chi connectivity index (χ3v) is 4.88. The monoisotopic (exact) mass is 353 g/mol. The lowest BCUT2D eigenvalue weighted by Gasteiger charge is -2.24. The lowest BCUT2D eigenvalue weighted by molar-refractivity contribution is 0.0524. The maximum Gasteiger partial charge on any atom is 0.343 e. The molecule has 1 aliphatic carbocycles. The second kappa shape index (κ2) is 7.28. The Balaban J connectivity index is 1.91. The fourth-order valence-electron chi connectivity index (χ4n) is 3.38. The average Bonchev–Trinajstić information content (AvgIpc) is 2.61. The maximum absolute atomic E-state index is 12.6. The Morgan fingerprint density at radius 3 is 2.50 bits per heavy atom. The number of H-pyrrole nitrogens is 1. The first kappa shape index (κ1) is 18.1. The van der Waals surface area contributed by atoms with Gasteiger partial charge in [-0.3, -0.25) is 9.59 Å². The van der Waals surface area contributed by atoms with Crippen LogP contribution in [0.2, 0.25) is 0 Å². The molecule has 26 heavy (non-hydrogen) atoms. The number of aromatic nitrogens is 1. The Bertz CT molecular complexity index is 893. The van der Waals surface area contributed by atoms with E-state index in [9.17, 15) is 14.4 Å². The fourth-order valence-corrected chi connectivity index (χ4v) is 3.38. The molecule has 1 heterocycles. The molecule has 0 spiro atoms. The number of pyridine rings is 1. The van der Waals surface area contributed by atoms with Crippen LogP contribution < -0.4 is 5.56 Å². The first-order valence-corrected chi connectivity index (χ1v) is 8.97. The van der Waals surface area contributed by atoms with E-state index in [1.165, 1.54) is 11.6 Å². The van der Waals surface area contributed by atoms with Crippen molar-refractivity contribution in [2.75, 3.05) is 6.61 Å². The maximum atomic E-state index is 12.6. The molecular weight excluding hydrogens is 330 g/mol. The summed E-state index contributed by atoms with van der Waals surface area (Å²) in [6.07, 6.45) is 0.933. The minimum atomic E-state index is -0.698. The molecule has 0 fully saturated rings. The van der Waals surface area contributed by atoms with Crippen molar-refractivity contribution in [3.05, 3.63) is 68.6 Å². The number of aromatic amines is 1. The molecule has 0 bridgehead atoms. The number of fused-ring (bicyclic) bond motifs is 1. The quantitative estimate of drug-likeness (QED) is 0.852. The Labute approximate surface area is 152 Å². The van der Waals surface area contributed by atoms with Crippen LogP contribution in [0.5, 0.6) is 0 Å². The lowest BCUT2D eigenvalue weighted by Crippen LogP contribution is -2.28. The molecular formula is C21H23NO4. The van der Waals surface area contributed by atoms with Gasteiger partial charge in [-0.25, -0.2) is 4.79 Å². The molecule has 0 aliphatic heterocycles. The molecule has 1 atom stereocenters. The summed E-state index contributed by atoms with van der Waals surface area (Å²) in [5.74, 6) is -0.280. The third kappa shape index (κ3) is 3.47. The molecule has 1 aliphatic rings. The van der Waals surface area contributed by atoms with Gasteiger partial charge in [0.15, 0.2) is 5.78 Å². The lowest BCUT2D eigenvalue weighted by atomic mass is 9.81. The molecule has 2 aromatic rings. The largest absolute Gasteiger partial charge is 0.462 e. The summed E-state index contributed by atoms with van der Waals surface area (Å²) < 4.78 is 4.89. The number of carbonyl (C=O) groups is 2. The van der Waals surface area contributed by atoms with Crippen LogP contribution in [0, 0.1) is 0 Å². The zero-order valence-electron chi connectivity index (χ0n) is 15.3. The van der Waals surface area contributed by atoms with Crippen LogP contribution in [0.25, 0.3) is 0 Å². The van der Waals surface area contributed by atoms with Gasteiger partial charge in [0.05, 0.1) is 6.61 Å². The average molecular weight is 353 g/mol. The normalized spacial score (nSPS) is 16.5. The highest BCUT2D eigenvalue weighted by Gasteiger charge is 2.29. The Kier molecular flexibility index (Phi) is 5.07. The van der Waals surface area contributed by atoms with Gasteiger partial charge < -0.3 is 9.72 Å². The molecule has 5 nitrogen and oxygen atoms in total. The van der Waals surface area contributed by atoms with E-state index in [-0.39, 0.29) is 23.9 Å². The van der Waals surface area contributed by atoms with Crippen molar-refractivity contribution < 1.29 is 14.3 Å². The molecule has 0 unspecified atom stereocenters. The van der Waals surface area contributed by atoms with Crippen LogP contribution in [-0.2, 0) is 11.2 Å². The Morgan fingerprint density at radius 2 is 1.88 bits per heavy atom. The van der Waals surface area contributed by atoms with Crippen molar-refractivity contribution >= 4 is 11.8 Å². The number of esters is 1. The van der Waals surface area contributed by atoms with E-state index in [1.54, 1.807) is 6.92 Å². The van der Waals surface area contributed by atoms with Gasteiger partial charge in [0, 0.05) is 17.7 Å². The number of rotatable bonds is 4. The number of nitrogens with one attached hydrogen (secondary N) is 1. The van der Waals surface area contributed by atoms with Crippen molar-refractivity contribution in [1.82, 2.24) is 4.98 Å². The summed E-state index contributed by atoms with van der Waals surface area (Å²) in [4.78, 5) is 39.4. The predicted octanol–water partition coefficient (Wildman–Crippen LogP) is 3.59. The van der Waals surface area contributed by atoms with E-state index in [2.05, 4.69) is 43.1 Å². The van der Waals surface area contributed by atoms with E-state index in [0.717, 1.165) is 5.56 Å². The molecule has 0 radical (unpaired) electrons. The number of benzene rings is 1. The molecule has 1 aromatic carbocycles. The van der Waals surface area contributed by atoms with Gasteiger partial charge in [0.2, 0.25) is 0 Å². The molecule has 1 aromatic heterocycles. The van der Waals surface area contributed by atoms with E-state index in [0.29, 0.717) is 30.0 Å². The minimum absolute atomic E-state index is 0.0281. The van der Waals surface area contributed by atoms with Crippen LogP contribution in [-0.4, -0.2) is 23.3 Å². The molecule has 0 saturated carbocycles. The van der Waals surface area contributed by atoms with Crippen molar-refractivity contribution in [2.45, 2.75) is 45.4 Å². The minimum Gasteiger partial charge on any atom is -0.462 e. The SMILES string of the molecule is CCOC(=O)c1cc2c([nH]c1=O)C[C@H](c1ccc(C(C)C)cc1)CC2=O. The summed E-state index contributed by atoms with van der Waals surface area (Å²) in [6, 6.07) is 9.68. The summed E-state index contributed by atoms with van der Waals surface area (Å²) in [6.45, 7) is 6.13. The Hall–Kier alpha value is -2.69. The fraction of sp³-hybridized carbons (Fsp3) is 0.381. The van der Waals surface area contributed by atoms with E-state index >= 15 is 0 Å². The first-order valence-electron chi connectivity index (χ1n) is 8.97. The Morgan fingerprint density at radius 1 is 1.19 bits per heavy atom. The zero-order chi connectivity index (χ0) is 18.8. The van der Waals surface area contributed by atoms with Crippen LogP contribution in [0.15, 0.2) is 35.1 Å². The standard InChI is InChI=1S/C21H23NO4/c1-4-26-21(25)17-11-16-18(22-20(17)24)9-15(10-19(16)23)14-7-5-13(6-8-14)12(2)3/h5-8,11-12,15H,4,9-10H2,1-3H3,(H,22,24)/t15-/m0/s1. The van der Waals surface area contributed by atoms with Crippen LogP contribution in [0.3, 0.4) is 0 Å².